The topological polar surface area (TPSA) is 45.7 Å². The zero-order chi connectivity index (χ0) is 18.6. The quantitative estimate of drug-likeness (QED) is 0.786. The van der Waals surface area contributed by atoms with Crippen LogP contribution in [0.2, 0.25) is 0 Å². The Labute approximate surface area is 158 Å². The Kier molecular flexibility index (Phi) is 5.45. The largest absolute Gasteiger partial charge is 0.370 e. The van der Waals surface area contributed by atoms with Crippen molar-refractivity contribution in [1.29, 1.82) is 0 Å². The summed E-state index contributed by atoms with van der Waals surface area (Å²) in [5, 5.41) is 0. The molecule has 1 aromatic carbocycles. The number of amides is 1. The van der Waals surface area contributed by atoms with E-state index in [-0.39, 0.29) is 17.8 Å². The number of pyridine rings is 1. The van der Waals surface area contributed by atoms with E-state index in [0.717, 1.165) is 30.5 Å². The molecule has 2 aliphatic rings. The van der Waals surface area contributed by atoms with Crippen LogP contribution in [0.15, 0.2) is 48.8 Å². The van der Waals surface area contributed by atoms with Crippen molar-refractivity contribution in [2.24, 2.45) is 0 Å². The van der Waals surface area contributed by atoms with Gasteiger partial charge in [0.15, 0.2) is 0 Å². The summed E-state index contributed by atoms with van der Waals surface area (Å²) in [6.45, 7) is 2.77. The summed E-state index contributed by atoms with van der Waals surface area (Å²) in [7, 11) is 0. The van der Waals surface area contributed by atoms with Gasteiger partial charge in [0.05, 0.1) is 19.7 Å². The molecule has 27 heavy (non-hydrogen) atoms. The van der Waals surface area contributed by atoms with Gasteiger partial charge in [-0.15, -0.1) is 0 Å². The molecule has 2 fully saturated rings. The number of hydrogen-bond donors (Lipinski definition) is 0. The summed E-state index contributed by atoms with van der Waals surface area (Å²) in [4.78, 5) is 21.2. The second kappa shape index (κ2) is 8.15. The summed E-state index contributed by atoms with van der Waals surface area (Å²) in [6, 6.07) is 10.8. The van der Waals surface area contributed by atoms with E-state index in [1.165, 1.54) is 12.1 Å². The standard InChI is InChI=1S/C21H24FN3O2/c22-18-5-3-17(4-6-18)20-14-24(10-11-27-20)21(26)15-25(19-7-8-19)13-16-2-1-9-23-12-16/h1-6,9,12,19-20H,7-8,10-11,13-15H2. The molecule has 142 valence electrons. The van der Waals surface area contributed by atoms with Crippen molar-refractivity contribution in [3.05, 3.63) is 65.7 Å². The van der Waals surface area contributed by atoms with Crippen molar-refractivity contribution in [3.63, 3.8) is 0 Å². The van der Waals surface area contributed by atoms with Gasteiger partial charge in [0.25, 0.3) is 0 Å². The summed E-state index contributed by atoms with van der Waals surface area (Å²) < 4.78 is 19.0. The number of morpholine rings is 1. The number of carbonyl (C=O) groups is 1. The minimum atomic E-state index is -0.266. The van der Waals surface area contributed by atoms with Crippen molar-refractivity contribution < 1.29 is 13.9 Å². The molecule has 1 amide bonds. The Morgan fingerprint density at radius 3 is 2.78 bits per heavy atom. The normalized spacial score (nSPS) is 20.1. The van der Waals surface area contributed by atoms with Gasteiger partial charge in [0, 0.05) is 31.5 Å². The van der Waals surface area contributed by atoms with Gasteiger partial charge < -0.3 is 9.64 Å². The van der Waals surface area contributed by atoms with Crippen molar-refractivity contribution >= 4 is 5.91 Å². The molecule has 1 saturated heterocycles. The van der Waals surface area contributed by atoms with E-state index in [0.29, 0.717) is 32.3 Å². The molecule has 0 spiro atoms. The van der Waals surface area contributed by atoms with Crippen LogP contribution in [0.25, 0.3) is 0 Å². The van der Waals surface area contributed by atoms with E-state index in [1.54, 1.807) is 18.3 Å². The average Bonchev–Trinajstić information content (AvgIpc) is 3.54. The van der Waals surface area contributed by atoms with Gasteiger partial charge >= 0.3 is 0 Å². The second-order valence-electron chi connectivity index (χ2n) is 7.25. The SMILES string of the molecule is O=C(CN(Cc1cccnc1)C1CC1)N1CCOC(c2ccc(F)cc2)C1. The Hall–Kier alpha value is -2.31. The third-order valence-corrected chi connectivity index (χ3v) is 5.17. The van der Waals surface area contributed by atoms with Crippen molar-refractivity contribution in [3.8, 4) is 0 Å². The first kappa shape index (κ1) is 18.1. The highest BCUT2D eigenvalue weighted by molar-refractivity contribution is 5.78. The number of rotatable bonds is 6. The first-order valence-corrected chi connectivity index (χ1v) is 9.47. The van der Waals surface area contributed by atoms with E-state index in [1.807, 2.05) is 23.2 Å². The molecule has 0 radical (unpaired) electrons. The highest BCUT2D eigenvalue weighted by Gasteiger charge is 2.33. The molecule has 1 unspecified atom stereocenters. The smallest absolute Gasteiger partial charge is 0.236 e. The van der Waals surface area contributed by atoms with Crippen LogP contribution in [0.1, 0.15) is 30.1 Å². The first-order chi connectivity index (χ1) is 13.2. The average molecular weight is 369 g/mol. The Balaban J connectivity index is 1.38. The highest BCUT2D eigenvalue weighted by atomic mass is 19.1. The lowest BCUT2D eigenvalue weighted by Gasteiger charge is -2.34. The van der Waals surface area contributed by atoms with E-state index >= 15 is 0 Å². The van der Waals surface area contributed by atoms with Gasteiger partial charge in [0.2, 0.25) is 5.91 Å². The van der Waals surface area contributed by atoms with Crippen LogP contribution < -0.4 is 0 Å². The molecule has 1 atom stereocenters. The van der Waals surface area contributed by atoms with E-state index < -0.39 is 0 Å². The second-order valence-corrected chi connectivity index (χ2v) is 7.25. The van der Waals surface area contributed by atoms with Crippen molar-refractivity contribution in [2.75, 3.05) is 26.2 Å². The molecule has 1 aliphatic heterocycles. The fourth-order valence-corrected chi connectivity index (χ4v) is 3.51. The van der Waals surface area contributed by atoms with E-state index in [9.17, 15) is 9.18 Å². The predicted octanol–water partition coefficient (Wildman–Crippen LogP) is 2.79. The van der Waals surface area contributed by atoms with Gasteiger partial charge in [-0.25, -0.2) is 4.39 Å². The monoisotopic (exact) mass is 369 g/mol. The summed E-state index contributed by atoms with van der Waals surface area (Å²) in [6.07, 6.45) is 5.72. The van der Waals surface area contributed by atoms with Crippen LogP contribution in [-0.4, -0.2) is 53.0 Å². The van der Waals surface area contributed by atoms with Crippen molar-refractivity contribution in [1.82, 2.24) is 14.8 Å². The fraction of sp³-hybridized carbons (Fsp3) is 0.429. The molecule has 6 heteroatoms. The lowest BCUT2D eigenvalue weighted by molar-refractivity contribution is -0.140. The molecule has 2 aromatic rings. The molecule has 5 nitrogen and oxygen atoms in total. The number of ether oxygens (including phenoxy) is 1. The maximum Gasteiger partial charge on any atom is 0.236 e. The van der Waals surface area contributed by atoms with Gasteiger partial charge in [-0.1, -0.05) is 18.2 Å². The fourth-order valence-electron chi connectivity index (χ4n) is 3.51. The van der Waals surface area contributed by atoms with Crippen molar-refractivity contribution in [2.45, 2.75) is 31.5 Å². The number of aromatic nitrogens is 1. The Morgan fingerprint density at radius 1 is 1.26 bits per heavy atom. The molecule has 0 N–H and O–H groups in total. The number of nitrogens with zero attached hydrogens (tertiary/aromatic N) is 3. The third-order valence-electron chi connectivity index (χ3n) is 5.17. The van der Waals surface area contributed by atoms with Crippen LogP contribution in [0.5, 0.6) is 0 Å². The molecule has 1 aromatic heterocycles. The van der Waals surface area contributed by atoms with Gasteiger partial charge in [0.1, 0.15) is 11.9 Å². The number of halogens is 1. The Morgan fingerprint density at radius 2 is 2.07 bits per heavy atom. The molecule has 0 bridgehead atoms. The van der Waals surface area contributed by atoms with Gasteiger partial charge in [-0.2, -0.15) is 0 Å². The van der Waals surface area contributed by atoms with Crippen LogP contribution in [0, 0.1) is 5.82 Å². The lowest BCUT2D eigenvalue weighted by atomic mass is 10.1. The lowest BCUT2D eigenvalue weighted by Crippen LogP contribution is -2.47. The zero-order valence-corrected chi connectivity index (χ0v) is 15.3. The maximum atomic E-state index is 13.1. The Bertz CT molecular complexity index is 765. The molecular weight excluding hydrogens is 345 g/mol. The molecule has 2 heterocycles. The third kappa shape index (κ3) is 4.70. The number of benzene rings is 1. The van der Waals surface area contributed by atoms with E-state index in [4.69, 9.17) is 4.74 Å². The summed E-state index contributed by atoms with van der Waals surface area (Å²) in [5.41, 5.74) is 2.03. The minimum Gasteiger partial charge on any atom is -0.370 e. The van der Waals surface area contributed by atoms with Crippen LogP contribution in [0.4, 0.5) is 4.39 Å². The highest BCUT2D eigenvalue weighted by Crippen LogP contribution is 2.29. The maximum absolute atomic E-state index is 13.1. The predicted molar refractivity (Wildman–Crippen MR) is 99.3 cm³/mol. The molecule has 1 aliphatic carbocycles. The molecular formula is C21H24FN3O2. The van der Waals surface area contributed by atoms with Crippen LogP contribution in [0.3, 0.4) is 0 Å². The first-order valence-electron chi connectivity index (χ1n) is 9.47. The molecule has 1 saturated carbocycles. The molecule has 4 rings (SSSR count). The number of hydrogen-bond acceptors (Lipinski definition) is 4. The zero-order valence-electron chi connectivity index (χ0n) is 15.3. The van der Waals surface area contributed by atoms with Gasteiger partial charge in [-0.3, -0.25) is 14.7 Å². The van der Waals surface area contributed by atoms with Crippen LogP contribution >= 0.6 is 0 Å². The van der Waals surface area contributed by atoms with Gasteiger partial charge in [-0.05, 0) is 42.2 Å². The summed E-state index contributed by atoms with van der Waals surface area (Å²) in [5.74, 6) is -0.140. The van der Waals surface area contributed by atoms with E-state index in [2.05, 4.69) is 9.88 Å². The minimum absolute atomic E-state index is 0.126. The number of carbonyl (C=O) groups excluding carboxylic acids is 1. The van der Waals surface area contributed by atoms with Crippen LogP contribution in [-0.2, 0) is 16.1 Å². The summed E-state index contributed by atoms with van der Waals surface area (Å²) >= 11 is 0.